The number of aliphatic carboxylic acids is 1. The summed E-state index contributed by atoms with van der Waals surface area (Å²) in [6.07, 6.45) is 7.61. The summed E-state index contributed by atoms with van der Waals surface area (Å²) < 4.78 is 0. The van der Waals surface area contributed by atoms with E-state index in [4.69, 9.17) is 5.11 Å². The number of nitrogens with zero attached hydrogens (tertiary/aromatic N) is 1. The van der Waals surface area contributed by atoms with Gasteiger partial charge in [0.2, 0.25) is 0 Å². The van der Waals surface area contributed by atoms with Crippen LogP contribution < -0.4 is 0 Å². The summed E-state index contributed by atoms with van der Waals surface area (Å²) in [5, 5.41) is 8.95. The van der Waals surface area contributed by atoms with Crippen molar-refractivity contribution < 1.29 is 9.90 Å². The number of likely N-dealkylation sites (N-methyl/N-ethyl adjacent to an activating group) is 1. The Bertz CT molecular complexity index is 286. The average Bonchev–Trinajstić information content (AvgIpc) is 2.29. The molecule has 0 aromatic heterocycles. The molecule has 0 aromatic carbocycles. The Morgan fingerprint density at radius 2 is 2.18 bits per heavy atom. The lowest BCUT2D eigenvalue weighted by Gasteiger charge is -2.33. The molecular weight excluding hydrogens is 214 g/mol. The molecule has 0 bridgehead atoms. The molecule has 0 saturated heterocycles. The number of carboxylic acids is 1. The third kappa shape index (κ3) is 4.50. The van der Waals surface area contributed by atoms with Gasteiger partial charge in [-0.1, -0.05) is 32.8 Å². The minimum absolute atomic E-state index is 0.528. The molecule has 0 aromatic rings. The SMILES string of the molecule is CCC(=CCN(C)C1CCCC(C)C1)C(=O)O. The van der Waals surface area contributed by atoms with Gasteiger partial charge in [-0.05, 0) is 32.2 Å². The first-order valence-corrected chi connectivity index (χ1v) is 6.67. The third-order valence-electron chi connectivity index (χ3n) is 3.81. The minimum Gasteiger partial charge on any atom is -0.478 e. The maximum atomic E-state index is 10.9. The summed E-state index contributed by atoms with van der Waals surface area (Å²) in [4.78, 5) is 13.2. The van der Waals surface area contributed by atoms with Crippen LogP contribution in [0.5, 0.6) is 0 Å². The summed E-state index contributed by atoms with van der Waals surface area (Å²) in [6.45, 7) is 4.96. The van der Waals surface area contributed by atoms with E-state index in [0.717, 1.165) is 12.5 Å². The first-order valence-electron chi connectivity index (χ1n) is 6.67. The van der Waals surface area contributed by atoms with Gasteiger partial charge in [0.05, 0.1) is 0 Å². The number of rotatable bonds is 5. The largest absolute Gasteiger partial charge is 0.478 e. The lowest BCUT2D eigenvalue weighted by atomic mass is 9.86. The van der Waals surface area contributed by atoms with Crippen LogP contribution in [0.2, 0.25) is 0 Å². The van der Waals surface area contributed by atoms with Crippen LogP contribution in [0.1, 0.15) is 46.0 Å². The molecule has 0 radical (unpaired) electrons. The maximum Gasteiger partial charge on any atom is 0.331 e. The fourth-order valence-electron chi connectivity index (χ4n) is 2.59. The second kappa shape index (κ2) is 6.80. The summed E-state index contributed by atoms with van der Waals surface area (Å²) in [7, 11) is 2.11. The molecule has 1 aliphatic rings. The van der Waals surface area contributed by atoms with Crippen molar-refractivity contribution >= 4 is 5.97 Å². The van der Waals surface area contributed by atoms with Crippen LogP contribution in [0, 0.1) is 5.92 Å². The first-order chi connectivity index (χ1) is 8.04. The molecule has 3 nitrogen and oxygen atoms in total. The molecule has 0 amide bonds. The zero-order valence-electron chi connectivity index (χ0n) is 11.3. The van der Waals surface area contributed by atoms with Gasteiger partial charge < -0.3 is 5.11 Å². The van der Waals surface area contributed by atoms with Crippen LogP contribution in [0.3, 0.4) is 0 Å². The third-order valence-corrected chi connectivity index (χ3v) is 3.81. The molecule has 1 rings (SSSR count). The lowest BCUT2D eigenvalue weighted by Crippen LogP contribution is -2.35. The Morgan fingerprint density at radius 3 is 2.71 bits per heavy atom. The average molecular weight is 239 g/mol. The van der Waals surface area contributed by atoms with Gasteiger partial charge in [-0.2, -0.15) is 0 Å². The van der Waals surface area contributed by atoms with E-state index in [-0.39, 0.29) is 0 Å². The van der Waals surface area contributed by atoms with Crippen molar-refractivity contribution in [3.05, 3.63) is 11.6 Å². The first kappa shape index (κ1) is 14.2. The molecule has 0 aliphatic heterocycles. The van der Waals surface area contributed by atoms with E-state index in [0.29, 0.717) is 18.0 Å². The van der Waals surface area contributed by atoms with Crippen LogP contribution in [-0.4, -0.2) is 35.6 Å². The molecule has 1 aliphatic carbocycles. The van der Waals surface area contributed by atoms with E-state index in [1.54, 1.807) is 0 Å². The normalized spacial score (nSPS) is 26.2. The highest BCUT2D eigenvalue weighted by Gasteiger charge is 2.21. The van der Waals surface area contributed by atoms with Gasteiger partial charge in [-0.25, -0.2) is 4.79 Å². The summed E-state index contributed by atoms with van der Waals surface area (Å²) in [6, 6.07) is 0.627. The number of carbonyl (C=O) groups is 1. The molecule has 2 atom stereocenters. The molecule has 1 fully saturated rings. The van der Waals surface area contributed by atoms with Crippen molar-refractivity contribution in [3.8, 4) is 0 Å². The van der Waals surface area contributed by atoms with Crippen LogP contribution in [0.4, 0.5) is 0 Å². The van der Waals surface area contributed by atoms with Gasteiger partial charge in [0.25, 0.3) is 0 Å². The molecule has 3 heteroatoms. The van der Waals surface area contributed by atoms with E-state index >= 15 is 0 Å². The predicted molar refractivity (Wildman–Crippen MR) is 70.1 cm³/mol. The van der Waals surface area contributed by atoms with Gasteiger partial charge >= 0.3 is 5.97 Å². The molecule has 0 spiro atoms. The Labute approximate surface area is 105 Å². The van der Waals surface area contributed by atoms with Gasteiger partial charge in [0.15, 0.2) is 0 Å². The number of hydrogen-bond acceptors (Lipinski definition) is 2. The van der Waals surface area contributed by atoms with Gasteiger partial charge in [-0.3, -0.25) is 4.90 Å². The minimum atomic E-state index is -0.780. The molecular formula is C14H25NO2. The molecule has 98 valence electrons. The summed E-state index contributed by atoms with van der Waals surface area (Å²) in [5.74, 6) is 0.0308. The lowest BCUT2D eigenvalue weighted by molar-refractivity contribution is -0.132. The Hall–Kier alpha value is -0.830. The Morgan fingerprint density at radius 1 is 1.47 bits per heavy atom. The quantitative estimate of drug-likeness (QED) is 0.750. The predicted octanol–water partition coefficient (Wildman–Crippen LogP) is 2.92. The van der Waals surface area contributed by atoms with Crippen LogP contribution in [0.15, 0.2) is 11.6 Å². The zero-order valence-corrected chi connectivity index (χ0v) is 11.3. The highest BCUT2D eigenvalue weighted by molar-refractivity contribution is 5.86. The molecule has 17 heavy (non-hydrogen) atoms. The smallest absolute Gasteiger partial charge is 0.331 e. The summed E-state index contributed by atoms with van der Waals surface area (Å²) in [5.41, 5.74) is 0.528. The van der Waals surface area contributed by atoms with Crippen LogP contribution in [0.25, 0.3) is 0 Å². The van der Waals surface area contributed by atoms with Crippen molar-refractivity contribution in [1.29, 1.82) is 0 Å². The molecule has 0 heterocycles. The van der Waals surface area contributed by atoms with Gasteiger partial charge in [0, 0.05) is 18.2 Å². The van der Waals surface area contributed by atoms with Crippen molar-refractivity contribution in [2.24, 2.45) is 5.92 Å². The fraction of sp³-hybridized carbons (Fsp3) is 0.786. The van der Waals surface area contributed by atoms with E-state index in [9.17, 15) is 4.79 Å². The van der Waals surface area contributed by atoms with Crippen molar-refractivity contribution in [2.45, 2.75) is 52.0 Å². The summed E-state index contributed by atoms with van der Waals surface area (Å²) >= 11 is 0. The monoisotopic (exact) mass is 239 g/mol. The molecule has 2 unspecified atom stereocenters. The van der Waals surface area contributed by atoms with E-state index in [2.05, 4.69) is 18.9 Å². The van der Waals surface area contributed by atoms with Crippen molar-refractivity contribution in [1.82, 2.24) is 4.90 Å². The van der Waals surface area contributed by atoms with Crippen LogP contribution >= 0.6 is 0 Å². The zero-order chi connectivity index (χ0) is 12.8. The fourth-order valence-corrected chi connectivity index (χ4v) is 2.59. The second-order valence-electron chi connectivity index (χ2n) is 5.25. The highest BCUT2D eigenvalue weighted by atomic mass is 16.4. The van der Waals surface area contributed by atoms with E-state index < -0.39 is 5.97 Å². The highest BCUT2D eigenvalue weighted by Crippen LogP contribution is 2.26. The topological polar surface area (TPSA) is 40.5 Å². The van der Waals surface area contributed by atoms with Gasteiger partial charge in [0.1, 0.15) is 0 Å². The van der Waals surface area contributed by atoms with Crippen molar-refractivity contribution in [2.75, 3.05) is 13.6 Å². The Balaban J connectivity index is 2.47. The number of hydrogen-bond donors (Lipinski definition) is 1. The molecule has 1 N–H and O–H groups in total. The second-order valence-corrected chi connectivity index (χ2v) is 5.25. The van der Waals surface area contributed by atoms with Gasteiger partial charge in [-0.15, -0.1) is 0 Å². The van der Waals surface area contributed by atoms with E-state index in [1.165, 1.54) is 25.7 Å². The van der Waals surface area contributed by atoms with Crippen LogP contribution in [-0.2, 0) is 4.79 Å². The standard InChI is InChI=1S/C14H25NO2/c1-4-12(14(16)17)8-9-15(3)13-7-5-6-11(2)10-13/h8,11,13H,4-7,9-10H2,1-3H3,(H,16,17). The van der Waals surface area contributed by atoms with E-state index in [1.807, 2.05) is 13.0 Å². The Kier molecular flexibility index (Phi) is 5.69. The molecule has 1 saturated carbocycles. The number of carboxylic acid groups (broad SMARTS) is 1. The maximum absolute atomic E-state index is 10.9. The van der Waals surface area contributed by atoms with Crippen molar-refractivity contribution in [3.63, 3.8) is 0 Å².